The van der Waals surface area contributed by atoms with Crippen LogP contribution in [0, 0.1) is 11.6 Å². The van der Waals surface area contributed by atoms with Crippen molar-refractivity contribution in [3.05, 3.63) is 166 Å². The number of hydrogen-bond acceptors (Lipinski definition) is 15. The highest BCUT2D eigenvalue weighted by Gasteiger charge is 2.31. The molecule has 9 aromatic rings. The van der Waals surface area contributed by atoms with E-state index in [9.17, 15) is 23.2 Å². The summed E-state index contributed by atoms with van der Waals surface area (Å²) >= 11 is 2.58. The van der Waals surface area contributed by atoms with Gasteiger partial charge >= 0.3 is 6.09 Å². The first-order chi connectivity index (χ1) is 33.6. The van der Waals surface area contributed by atoms with Crippen LogP contribution in [0.3, 0.4) is 0 Å². The number of halogens is 2. The molecule has 18 heteroatoms. The molecule has 0 bridgehead atoms. The van der Waals surface area contributed by atoms with Crippen LogP contribution in [0.4, 0.5) is 13.6 Å². The Morgan fingerprint density at radius 1 is 0.594 bits per heavy atom. The summed E-state index contributed by atoms with van der Waals surface area (Å²) in [6, 6.07) is 34.6. The van der Waals surface area contributed by atoms with Crippen LogP contribution < -0.4 is 0 Å². The maximum atomic E-state index is 13.2. The molecule has 0 saturated carbocycles. The minimum Gasteiger partial charge on any atom is -0.453 e. The number of hydrogen-bond donors (Lipinski definition) is 0. The van der Waals surface area contributed by atoms with Crippen molar-refractivity contribution in [2.45, 2.75) is 44.1 Å². The Kier molecular flexibility index (Phi) is 13.2. The Bertz CT molecular complexity index is 3270. The first-order valence-corrected chi connectivity index (χ1v) is 24.0. The second-order valence-corrected chi connectivity index (χ2v) is 18.8. The molecule has 348 valence electrons. The second kappa shape index (κ2) is 20.0. The fourth-order valence-corrected chi connectivity index (χ4v) is 10.3. The maximum absolute atomic E-state index is 13.2. The molecule has 4 aromatic heterocycles. The van der Waals surface area contributed by atoms with Crippen molar-refractivity contribution in [1.29, 1.82) is 0 Å². The fraction of sp³-hybridized carbons (Fsp3) is 0.235. The van der Waals surface area contributed by atoms with E-state index < -0.39 is 5.78 Å². The first-order valence-electron chi connectivity index (χ1n) is 22.3. The summed E-state index contributed by atoms with van der Waals surface area (Å²) in [5, 5.41) is 16.9. The normalized spacial score (nSPS) is 14.7. The summed E-state index contributed by atoms with van der Waals surface area (Å²) in [5.41, 5.74) is 6.53. The number of nitrogens with zero attached hydrogens (tertiary/aromatic N) is 8. The number of methoxy groups -OCH3 is 1. The lowest BCUT2D eigenvalue weighted by Gasteiger charge is -2.30. The van der Waals surface area contributed by atoms with Gasteiger partial charge in [-0.1, -0.05) is 66.7 Å². The SMILES string of the molecule is COC(=O)N1CCC(c2nnc(C(=O)c3nc4ccc(-c5ccc(F)cc5)cc4s3)o2)CC1.O=C(c1nnc(C2CCN(Cc3ccc(F)cc3)CC2)o1)c1nc2ccc(-c3ccccc3)cc2s1. The van der Waals surface area contributed by atoms with Gasteiger partial charge in [-0.25, -0.2) is 23.5 Å². The van der Waals surface area contributed by atoms with Gasteiger partial charge in [0.1, 0.15) is 11.6 Å². The molecule has 0 N–H and O–H groups in total. The number of carbonyl (C=O) groups is 3. The van der Waals surface area contributed by atoms with Crippen LogP contribution in [0.25, 0.3) is 42.7 Å². The van der Waals surface area contributed by atoms with E-state index in [1.807, 2.05) is 60.7 Å². The number of benzene rings is 5. The van der Waals surface area contributed by atoms with E-state index in [4.69, 9.17) is 13.6 Å². The third kappa shape index (κ3) is 10.2. The number of rotatable bonds is 10. The van der Waals surface area contributed by atoms with Crippen LogP contribution in [0.1, 0.15) is 86.2 Å². The zero-order valence-corrected chi connectivity index (χ0v) is 38.7. The zero-order chi connectivity index (χ0) is 47.4. The Balaban J connectivity index is 0.000000161. The summed E-state index contributed by atoms with van der Waals surface area (Å²) in [6.07, 6.45) is 2.67. The van der Waals surface area contributed by atoms with Crippen LogP contribution in [-0.4, -0.2) is 91.1 Å². The molecule has 0 radical (unpaired) electrons. The van der Waals surface area contributed by atoms with E-state index in [1.54, 1.807) is 17.0 Å². The average molecular weight is 965 g/mol. The Morgan fingerprint density at radius 2 is 1.06 bits per heavy atom. The highest BCUT2D eigenvalue weighted by Crippen LogP contribution is 2.33. The molecule has 2 saturated heterocycles. The third-order valence-corrected chi connectivity index (χ3v) is 14.3. The molecule has 0 spiro atoms. The minimum atomic E-state index is -0.426. The predicted octanol–water partition coefficient (Wildman–Crippen LogP) is 10.8. The van der Waals surface area contributed by atoms with Gasteiger partial charge in [-0.3, -0.25) is 14.5 Å². The lowest BCUT2D eigenvalue weighted by atomic mass is 9.96. The van der Waals surface area contributed by atoms with Gasteiger partial charge in [-0.05, 0) is 115 Å². The lowest BCUT2D eigenvalue weighted by molar-refractivity contribution is 0.0990. The molecule has 14 nitrogen and oxygen atoms in total. The van der Waals surface area contributed by atoms with Crippen molar-refractivity contribution in [2.75, 3.05) is 33.3 Å². The predicted molar refractivity (Wildman–Crippen MR) is 255 cm³/mol. The van der Waals surface area contributed by atoms with Gasteiger partial charge in [0.15, 0.2) is 10.0 Å². The number of fused-ring (bicyclic) bond motifs is 2. The quantitative estimate of drug-likeness (QED) is 0.119. The molecule has 1 amide bonds. The summed E-state index contributed by atoms with van der Waals surface area (Å²) < 4.78 is 44.4. The second-order valence-electron chi connectivity index (χ2n) is 16.7. The molecule has 5 aromatic carbocycles. The Hall–Kier alpha value is -7.41. The van der Waals surface area contributed by atoms with Crippen molar-refractivity contribution >= 4 is 60.8 Å². The standard InChI is InChI=1S/C28H23FN4O2S.C23H19FN4O4S/c29-22-9-6-18(7-10-22)17-33-14-12-20(13-15-33)26-31-32-27(35-26)25(34)28-30-23-11-8-21(16-24(23)36-28)19-4-2-1-3-5-19;1-31-23(30)28-10-8-14(9-11-28)20-26-27-21(32-20)19(29)22-25-17-7-4-15(12-18(17)33-22)13-2-5-16(24)6-3-13/h1-11,16,20H,12-15,17H2;2-7,12,14H,8-11H2,1H3. The van der Waals surface area contributed by atoms with Crippen LogP contribution in [0.5, 0.6) is 0 Å². The number of likely N-dealkylation sites (tertiary alicyclic amines) is 2. The molecule has 0 unspecified atom stereocenters. The fourth-order valence-electron chi connectivity index (χ4n) is 8.47. The van der Waals surface area contributed by atoms with Gasteiger partial charge in [0, 0.05) is 31.5 Å². The van der Waals surface area contributed by atoms with Crippen LogP contribution >= 0.6 is 22.7 Å². The number of aromatic nitrogens is 6. The maximum Gasteiger partial charge on any atom is 0.409 e. The highest BCUT2D eigenvalue weighted by molar-refractivity contribution is 7.20. The molecule has 0 atom stereocenters. The van der Waals surface area contributed by atoms with E-state index in [0.717, 1.165) is 75.2 Å². The molecule has 2 aliphatic rings. The van der Waals surface area contributed by atoms with Gasteiger partial charge in [-0.2, -0.15) is 0 Å². The van der Waals surface area contributed by atoms with Crippen molar-refractivity contribution in [3.8, 4) is 22.3 Å². The number of thiazole rings is 2. The molecule has 6 heterocycles. The van der Waals surface area contributed by atoms with Crippen LogP contribution in [0.15, 0.2) is 124 Å². The van der Waals surface area contributed by atoms with Crippen molar-refractivity contribution in [1.82, 2.24) is 40.2 Å². The number of piperidine rings is 2. The number of ketones is 2. The molecule has 0 aliphatic carbocycles. The summed E-state index contributed by atoms with van der Waals surface area (Å²) in [4.78, 5) is 50.5. The number of amides is 1. The van der Waals surface area contributed by atoms with Crippen LogP contribution in [-0.2, 0) is 11.3 Å². The van der Waals surface area contributed by atoms with Gasteiger partial charge in [0.2, 0.25) is 11.8 Å². The zero-order valence-electron chi connectivity index (χ0n) is 37.1. The van der Waals surface area contributed by atoms with Gasteiger partial charge in [0.25, 0.3) is 23.3 Å². The Morgan fingerprint density at radius 3 is 1.57 bits per heavy atom. The van der Waals surface area contributed by atoms with E-state index in [0.29, 0.717) is 48.2 Å². The lowest BCUT2D eigenvalue weighted by Crippen LogP contribution is -2.37. The van der Waals surface area contributed by atoms with E-state index in [2.05, 4.69) is 53.5 Å². The monoisotopic (exact) mass is 964 g/mol. The molecule has 2 aliphatic heterocycles. The largest absolute Gasteiger partial charge is 0.453 e. The molecule has 11 rings (SSSR count). The van der Waals surface area contributed by atoms with Crippen molar-refractivity contribution in [2.24, 2.45) is 0 Å². The smallest absolute Gasteiger partial charge is 0.409 e. The summed E-state index contributed by atoms with van der Waals surface area (Å²) in [6.45, 7) is 3.57. The summed E-state index contributed by atoms with van der Waals surface area (Å²) in [5.74, 6) is -0.398. The van der Waals surface area contributed by atoms with Crippen LogP contribution in [0.2, 0.25) is 0 Å². The Labute approximate surface area is 401 Å². The van der Waals surface area contributed by atoms with E-state index in [1.165, 1.54) is 54.0 Å². The van der Waals surface area contributed by atoms with Crippen molar-refractivity contribution < 1.29 is 36.7 Å². The third-order valence-electron chi connectivity index (χ3n) is 12.3. The van der Waals surface area contributed by atoms with Gasteiger partial charge in [-0.15, -0.1) is 43.1 Å². The first kappa shape index (κ1) is 45.4. The van der Waals surface area contributed by atoms with Crippen molar-refractivity contribution in [3.63, 3.8) is 0 Å². The van der Waals surface area contributed by atoms with Gasteiger partial charge in [0.05, 0.1) is 27.5 Å². The summed E-state index contributed by atoms with van der Waals surface area (Å²) in [7, 11) is 1.36. The van der Waals surface area contributed by atoms with E-state index in [-0.39, 0.29) is 52.1 Å². The molecule has 69 heavy (non-hydrogen) atoms. The van der Waals surface area contributed by atoms with Gasteiger partial charge < -0.3 is 18.5 Å². The minimum absolute atomic E-state index is 0.0129. The van der Waals surface area contributed by atoms with E-state index >= 15 is 0 Å². The topological polar surface area (TPSA) is 171 Å². The average Bonchev–Trinajstić information content (AvgIpc) is 4.24. The molecular formula is C51H42F2N8O6S2. The highest BCUT2D eigenvalue weighted by atomic mass is 32.1. The molecule has 2 fully saturated rings. The number of carbonyl (C=O) groups excluding carboxylic acids is 3. The number of ether oxygens (including phenoxy) is 1. The molecular weight excluding hydrogens is 923 g/mol.